The van der Waals surface area contributed by atoms with Crippen LogP contribution in [-0.4, -0.2) is 31.5 Å². The first-order valence-electron chi connectivity index (χ1n) is 10.7. The smallest absolute Gasteiger partial charge is 0.327 e. The molecule has 1 aliphatic rings. The molecule has 2 aromatic heterocycles. The van der Waals surface area contributed by atoms with E-state index in [0.29, 0.717) is 28.7 Å². The lowest BCUT2D eigenvalue weighted by atomic mass is 10.1. The van der Waals surface area contributed by atoms with Crippen molar-refractivity contribution < 1.29 is 4.79 Å². The van der Waals surface area contributed by atoms with Crippen molar-refractivity contribution in [2.24, 2.45) is 0 Å². The maximum absolute atomic E-state index is 12.4. The number of amides is 1. The van der Waals surface area contributed by atoms with Gasteiger partial charge in [-0.1, -0.05) is 26.7 Å². The van der Waals surface area contributed by atoms with Crippen molar-refractivity contribution in [2.75, 3.05) is 5.32 Å². The van der Waals surface area contributed by atoms with Crippen LogP contribution >= 0.6 is 0 Å². The van der Waals surface area contributed by atoms with Crippen molar-refractivity contribution in [3.63, 3.8) is 0 Å². The third-order valence-corrected chi connectivity index (χ3v) is 5.86. The number of aromatic nitrogens is 4. The summed E-state index contributed by atoms with van der Waals surface area (Å²) in [6, 6.07) is 7.64. The number of carbonyl (C=O) groups excluding carboxylic acids is 1. The number of nitrogens with one attached hydrogen (secondary N) is 3. The lowest BCUT2D eigenvalue weighted by Gasteiger charge is -2.14. The third kappa shape index (κ3) is 4.08. The minimum atomic E-state index is -0.164. The molecule has 0 unspecified atom stereocenters. The lowest BCUT2D eigenvalue weighted by Crippen LogP contribution is -2.32. The number of rotatable bonds is 7. The molecule has 0 aliphatic heterocycles. The summed E-state index contributed by atoms with van der Waals surface area (Å²) in [5.41, 5.74) is 2.47. The highest BCUT2D eigenvalue weighted by Crippen LogP contribution is 2.21. The summed E-state index contributed by atoms with van der Waals surface area (Å²) in [5.74, 6) is 0.372. The number of H-pyrrole nitrogens is 1. The minimum absolute atomic E-state index is 0.0346. The highest BCUT2D eigenvalue weighted by molar-refractivity contribution is 5.94. The number of imidazole rings is 1. The minimum Gasteiger partial charge on any atom is -0.349 e. The first kappa shape index (κ1) is 20.1. The Morgan fingerprint density at radius 1 is 1.20 bits per heavy atom. The zero-order valence-corrected chi connectivity index (χ0v) is 17.4. The average molecular weight is 409 g/mol. The second-order valence-electron chi connectivity index (χ2n) is 7.86. The van der Waals surface area contributed by atoms with Gasteiger partial charge in [0, 0.05) is 23.3 Å². The van der Waals surface area contributed by atoms with Gasteiger partial charge in [-0.2, -0.15) is 4.98 Å². The number of aromatic amines is 1. The van der Waals surface area contributed by atoms with E-state index in [2.05, 4.69) is 39.4 Å². The Bertz CT molecular complexity index is 1080. The quantitative estimate of drug-likeness (QED) is 0.550. The van der Waals surface area contributed by atoms with Crippen LogP contribution in [0, 0.1) is 0 Å². The molecule has 30 heavy (non-hydrogen) atoms. The van der Waals surface area contributed by atoms with Crippen molar-refractivity contribution in [3.8, 4) is 0 Å². The maximum atomic E-state index is 12.4. The van der Waals surface area contributed by atoms with Gasteiger partial charge in [-0.3, -0.25) is 9.36 Å². The summed E-state index contributed by atoms with van der Waals surface area (Å²) < 4.78 is 1.71. The molecule has 1 amide bonds. The van der Waals surface area contributed by atoms with E-state index in [9.17, 15) is 9.59 Å². The van der Waals surface area contributed by atoms with Crippen LogP contribution in [0.1, 0.15) is 68.8 Å². The van der Waals surface area contributed by atoms with E-state index in [1.54, 1.807) is 22.9 Å². The highest BCUT2D eigenvalue weighted by Gasteiger charge is 2.18. The van der Waals surface area contributed by atoms with Gasteiger partial charge in [0.15, 0.2) is 5.65 Å². The van der Waals surface area contributed by atoms with Gasteiger partial charge in [0.1, 0.15) is 5.52 Å². The van der Waals surface area contributed by atoms with Crippen LogP contribution in [0.25, 0.3) is 11.2 Å². The second kappa shape index (κ2) is 8.69. The van der Waals surface area contributed by atoms with Crippen LogP contribution < -0.4 is 16.3 Å². The maximum Gasteiger partial charge on any atom is 0.327 e. The predicted molar refractivity (Wildman–Crippen MR) is 117 cm³/mol. The standard InChI is InChI=1S/C22H28N6O2/c1-3-17(4-2)28-19-18(26-22(28)30)13-23-21(27-19)25-16-11-9-14(10-12-16)20(29)24-15-7-5-6-8-15/h9-13,15,17H,3-8H2,1-2H3,(H,24,29)(H,26,30)(H,23,25,27). The molecule has 4 rings (SSSR count). The van der Waals surface area contributed by atoms with E-state index in [0.717, 1.165) is 31.4 Å². The van der Waals surface area contributed by atoms with Crippen LogP contribution in [0.15, 0.2) is 35.3 Å². The first-order valence-corrected chi connectivity index (χ1v) is 10.7. The number of hydrogen-bond donors (Lipinski definition) is 3. The van der Waals surface area contributed by atoms with Crippen LogP contribution in [0.2, 0.25) is 0 Å². The molecule has 0 saturated heterocycles. The molecule has 8 heteroatoms. The van der Waals surface area contributed by atoms with Crippen LogP contribution in [0.3, 0.4) is 0 Å². The molecule has 0 atom stereocenters. The van der Waals surface area contributed by atoms with Gasteiger partial charge < -0.3 is 15.6 Å². The molecule has 0 bridgehead atoms. The molecule has 0 spiro atoms. The molecular weight excluding hydrogens is 380 g/mol. The predicted octanol–water partition coefficient (Wildman–Crippen LogP) is 3.90. The molecule has 8 nitrogen and oxygen atoms in total. The first-order chi connectivity index (χ1) is 14.6. The van der Waals surface area contributed by atoms with E-state index < -0.39 is 0 Å². The van der Waals surface area contributed by atoms with Crippen LogP contribution in [0.5, 0.6) is 0 Å². The van der Waals surface area contributed by atoms with Gasteiger partial charge in [-0.05, 0) is 49.9 Å². The van der Waals surface area contributed by atoms with Crippen molar-refractivity contribution in [1.29, 1.82) is 0 Å². The number of nitrogens with zero attached hydrogens (tertiary/aromatic N) is 3. The SMILES string of the molecule is CCC(CC)n1c(=O)[nH]c2cnc(Nc3ccc(C(=O)NC4CCCC4)cc3)nc21. The summed E-state index contributed by atoms with van der Waals surface area (Å²) in [5, 5.41) is 6.26. The summed E-state index contributed by atoms with van der Waals surface area (Å²) >= 11 is 0. The average Bonchev–Trinajstić information content (AvgIpc) is 3.37. The molecule has 158 valence electrons. The van der Waals surface area contributed by atoms with Crippen LogP contribution in [-0.2, 0) is 0 Å². The molecule has 1 fully saturated rings. The molecule has 0 radical (unpaired) electrons. The second-order valence-corrected chi connectivity index (χ2v) is 7.86. The van der Waals surface area contributed by atoms with Gasteiger partial charge >= 0.3 is 5.69 Å². The zero-order chi connectivity index (χ0) is 21.1. The molecule has 3 N–H and O–H groups in total. The third-order valence-electron chi connectivity index (χ3n) is 5.86. The zero-order valence-electron chi connectivity index (χ0n) is 17.4. The Morgan fingerprint density at radius 2 is 1.90 bits per heavy atom. The number of carbonyl (C=O) groups is 1. The number of anilines is 2. The van der Waals surface area contributed by atoms with Gasteiger partial charge in [-0.15, -0.1) is 0 Å². The topological polar surface area (TPSA) is 105 Å². The Labute approximate surface area is 175 Å². The Balaban J connectivity index is 1.51. The molecule has 1 saturated carbocycles. The van der Waals surface area contributed by atoms with E-state index in [-0.39, 0.29) is 17.6 Å². The van der Waals surface area contributed by atoms with Gasteiger partial charge in [0.05, 0.1) is 6.20 Å². The van der Waals surface area contributed by atoms with Gasteiger partial charge in [0.2, 0.25) is 5.95 Å². The monoisotopic (exact) mass is 408 g/mol. The van der Waals surface area contributed by atoms with E-state index in [1.165, 1.54) is 12.8 Å². The highest BCUT2D eigenvalue weighted by atomic mass is 16.2. The van der Waals surface area contributed by atoms with E-state index >= 15 is 0 Å². The molecule has 1 aliphatic carbocycles. The number of fused-ring (bicyclic) bond motifs is 1. The van der Waals surface area contributed by atoms with Crippen LogP contribution in [0.4, 0.5) is 11.6 Å². The van der Waals surface area contributed by atoms with Gasteiger partial charge in [-0.25, -0.2) is 9.78 Å². The normalized spacial score (nSPS) is 14.5. The van der Waals surface area contributed by atoms with Crippen molar-refractivity contribution >= 4 is 28.7 Å². The fourth-order valence-corrected chi connectivity index (χ4v) is 4.14. The summed E-state index contributed by atoms with van der Waals surface area (Å²) in [4.78, 5) is 36.5. The summed E-state index contributed by atoms with van der Waals surface area (Å²) in [6.45, 7) is 4.12. The fourth-order valence-electron chi connectivity index (χ4n) is 4.14. The van der Waals surface area contributed by atoms with Crippen molar-refractivity contribution in [1.82, 2.24) is 24.8 Å². The largest absolute Gasteiger partial charge is 0.349 e. The molecule has 2 heterocycles. The number of benzene rings is 1. The Kier molecular flexibility index (Phi) is 5.83. The molecule has 1 aromatic carbocycles. The van der Waals surface area contributed by atoms with E-state index in [1.807, 2.05) is 12.1 Å². The Hall–Kier alpha value is -3.16. The summed E-state index contributed by atoms with van der Waals surface area (Å²) in [7, 11) is 0. The molecular formula is C22H28N6O2. The van der Waals surface area contributed by atoms with E-state index in [4.69, 9.17) is 0 Å². The van der Waals surface area contributed by atoms with Gasteiger partial charge in [0.25, 0.3) is 5.91 Å². The van der Waals surface area contributed by atoms with Crippen molar-refractivity contribution in [2.45, 2.75) is 64.5 Å². The number of hydrogen-bond acceptors (Lipinski definition) is 5. The van der Waals surface area contributed by atoms with Crippen molar-refractivity contribution in [3.05, 3.63) is 46.5 Å². The molecule has 3 aromatic rings. The Morgan fingerprint density at radius 3 is 2.57 bits per heavy atom. The lowest BCUT2D eigenvalue weighted by molar-refractivity contribution is 0.0938. The fraction of sp³-hybridized carbons (Fsp3) is 0.455. The summed E-state index contributed by atoms with van der Waals surface area (Å²) in [6.07, 6.45) is 7.81.